The van der Waals surface area contributed by atoms with Crippen LogP contribution in [0.2, 0.25) is 0 Å². The lowest BCUT2D eigenvalue weighted by atomic mass is 9.78. The van der Waals surface area contributed by atoms with Gasteiger partial charge in [0.1, 0.15) is 13.2 Å². The van der Waals surface area contributed by atoms with Crippen molar-refractivity contribution in [2.75, 3.05) is 52.9 Å². The lowest BCUT2D eigenvalue weighted by Gasteiger charge is -2.27. The van der Waals surface area contributed by atoms with Gasteiger partial charge in [0.25, 0.3) is 0 Å². The van der Waals surface area contributed by atoms with Crippen LogP contribution in [0.25, 0.3) is 0 Å². The van der Waals surface area contributed by atoms with Gasteiger partial charge in [-0.1, -0.05) is 53.9 Å². The topological polar surface area (TPSA) is 71.1 Å². The van der Waals surface area contributed by atoms with Crippen LogP contribution in [0.4, 0.5) is 0 Å². The molecule has 0 amide bonds. The molecular weight excluding hydrogens is 384 g/mol. The molecule has 1 unspecified atom stereocenters. The Morgan fingerprint density at radius 1 is 0.700 bits per heavy atom. The van der Waals surface area contributed by atoms with Crippen molar-refractivity contribution >= 4 is 11.6 Å². The zero-order valence-corrected chi connectivity index (χ0v) is 20.1. The van der Waals surface area contributed by atoms with E-state index >= 15 is 0 Å². The fourth-order valence-electron chi connectivity index (χ4n) is 3.64. The van der Waals surface area contributed by atoms with Gasteiger partial charge in [0.05, 0.1) is 39.6 Å². The minimum atomic E-state index is -0.266. The summed E-state index contributed by atoms with van der Waals surface area (Å²) in [5.41, 5.74) is -0.266. The highest BCUT2D eigenvalue weighted by atomic mass is 16.6. The summed E-state index contributed by atoms with van der Waals surface area (Å²) in [6.45, 7) is 13.4. The Kier molecular flexibility index (Phi) is 18.4. The van der Waals surface area contributed by atoms with E-state index in [0.717, 1.165) is 44.9 Å². The SMILES string of the molecule is CCCC(CC)C(=O)COCCOCCOCCOCC(=O)C(C)(CCC)CCC. The molecule has 0 aliphatic carbocycles. The molecule has 6 nitrogen and oxygen atoms in total. The minimum absolute atomic E-state index is 0.119. The van der Waals surface area contributed by atoms with E-state index < -0.39 is 0 Å². The van der Waals surface area contributed by atoms with E-state index in [1.807, 2.05) is 13.8 Å². The first-order chi connectivity index (χ1) is 14.4. The second-order valence-corrected chi connectivity index (χ2v) is 8.17. The van der Waals surface area contributed by atoms with Crippen LogP contribution in [0, 0.1) is 11.3 Å². The van der Waals surface area contributed by atoms with Crippen molar-refractivity contribution in [1.29, 1.82) is 0 Å². The maximum absolute atomic E-state index is 12.4. The van der Waals surface area contributed by atoms with E-state index in [-0.39, 0.29) is 36.1 Å². The first-order valence-electron chi connectivity index (χ1n) is 11.8. The smallest absolute Gasteiger partial charge is 0.164 e. The first-order valence-corrected chi connectivity index (χ1v) is 11.8. The van der Waals surface area contributed by atoms with Crippen LogP contribution in [-0.2, 0) is 28.5 Å². The third-order valence-corrected chi connectivity index (χ3v) is 5.46. The zero-order chi connectivity index (χ0) is 22.7. The number of ether oxygens (including phenoxy) is 4. The summed E-state index contributed by atoms with van der Waals surface area (Å²) in [6, 6.07) is 0. The Bertz CT molecular complexity index is 431. The molecule has 0 saturated heterocycles. The van der Waals surface area contributed by atoms with Gasteiger partial charge in [-0.25, -0.2) is 0 Å². The molecule has 0 bridgehead atoms. The van der Waals surface area contributed by atoms with E-state index in [4.69, 9.17) is 18.9 Å². The summed E-state index contributed by atoms with van der Waals surface area (Å²) < 4.78 is 21.8. The highest BCUT2D eigenvalue weighted by Crippen LogP contribution is 2.30. The Balaban J connectivity index is 3.60. The number of carbonyl (C=O) groups is 2. The largest absolute Gasteiger partial charge is 0.377 e. The van der Waals surface area contributed by atoms with Crippen molar-refractivity contribution in [3.8, 4) is 0 Å². The normalized spacial score (nSPS) is 12.8. The van der Waals surface area contributed by atoms with Crippen molar-refractivity contribution in [3.05, 3.63) is 0 Å². The number of carbonyl (C=O) groups excluding carboxylic acids is 2. The molecule has 178 valence electrons. The summed E-state index contributed by atoms with van der Waals surface area (Å²) in [7, 11) is 0. The van der Waals surface area contributed by atoms with Crippen LogP contribution in [0.1, 0.15) is 79.6 Å². The Morgan fingerprint density at radius 2 is 1.17 bits per heavy atom. The minimum Gasteiger partial charge on any atom is -0.377 e. The third-order valence-electron chi connectivity index (χ3n) is 5.46. The molecule has 0 aliphatic heterocycles. The molecule has 0 N–H and O–H groups in total. The van der Waals surface area contributed by atoms with Crippen LogP contribution in [-0.4, -0.2) is 64.4 Å². The van der Waals surface area contributed by atoms with Crippen LogP contribution in [0.5, 0.6) is 0 Å². The van der Waals surface area contributed by atoms with Crippen molar-refractivity contribution in [1.82, 2.24) is 0 Å². The van der Waals surface area contributed by atoms with Gasteiger partial charge >= 0.3 is 0 Å². The zero-order valence-electron chi connectivity index (χ0n) is 20.1. The fourth-order valence-corrected chi connectivity index (χ4v) is 3.64. The second-order valence-electron chi connectivity index (χ2n) is 8.17. The predicted octanol–water partition coefficient (Wildman–Crippen LogP) is 4.62. The number of hydrogen-bond donors (Lipinski definition) is 0. The van der Waals surface area contributed by atoms with Gasteiger partial charge in [0.15, 0.2) is 11.6 Å². The van der Waals surface area contributed by atoms with Gasteiger partial charge in [0, 0.05) is 11.3 Å². The summed E-state index contributed by atoms with van der Waals surface area (Å²) in [5.74, 6) is 0.493. The Hall–Kier alpha value is -0.820. The van der Waals surface area contributed by atoms with E-state index in [9.17, 15) is 9.59 Å². The average molecular weight is 431 g/mol. The Morgan fingerprint density at radius 3 is 1.60 bits per heavy atom. The molecule has 0 saturated carbocycles. The van der Waals surface area contributed by atoms with E-state index in [2.05, 4.69) is 20.8 Å². The highest BCUT2D eigenvalue weighted by Gasteiger charge is 2.30. The molecule has 1 atom stereocenters. The van der Waals surface area contributed by atoms with E-state index in [0.29, 0.717) is 39.6 Å². The number of Topliss-reactive ketones (excluding diaryl/α,β-unsaturated/α-hetero) is 2. The molecule has 6 heteroatoms. The molecule has 0 heterocycles. The van der Waals surface area contributed by atoms with Gasteiger partial charge in [-0.15, -0.1) is 0 Å². The van der Waals surface area contributed by atoms with Crippen molar-refractivity contribution in [3.63, 3.8) is 0 Å². The van der Waals surface area contributed by atoms with Gasteiger partial charge < -0.3 is 18.9 Å². The van der Waals surface area contributed by atoms with Gasteiger partial charge in [0.2, 0.25) is 0 Å². The maximum atomic E-state index is 12.4. The monoisotopic (exact) mass is 430 g/mol. The molecule has 0 rings (SSSR count). The van der Waals surface area contributed by atoms with Gasteiger partial charge in [-0.05, 0) is 25.7 Å². The first kappa shape index (κ1) is 29.2. The van der Waals surface area contributed by atoms with Crippen LogP contribution >= 0.6 is 0 Å². The summed E-state index contributed by atoms with van der Waals surface area (Å²) >= 11 is 0. The van der Waals surface area contributed by atoms with Gasteiger partial charge in [-0.2, -0.15) is 0 Å². The molecule has 0 aromatic heterocycles. The van der Waals surface area contributed by atoms with Crippen LogP contribution in [0.15, 0.2) is 0 Å². The van der Waals surface area contributed by atoms with E-state index in [1.54, 1.807) is 0 Å². The standard InChI is InChI=1S/C24H46O6/c1-6-10-21(9-4)22(25)19-29-17-15-27-13-14-28-16-18-30-20-23(26)24(5,11-7-2)12-8-3/h21H,6-20H2,1-5H3. The van der Waals surface area contributed by atoms with Gasteiger partial charge in [-0.3, -0.25) is 9.59 Å². The number of rotatable bonds is 22. The molecule has 0 aliphatic rings. The maximum Gasteiger partial charge on any atom is 0.164 e. The van der Waals surface area contributed by atoms with Crippen LogP contribution < -0.4 is 0 Å². The highest BCUT2D eigenvalue weighted by molar-refractivity contribution is 5.85. The third kappa shape index (κ3) is 13.5. The number of hydrogen-bond acceptors (Lipinski definition) is 6. The molecule has 0 spiro atoms. The quantitative estimate of drug-likeness (QED) is 0.233. The average Bonchev–Trinajstić information content (AvgIpc) is 2.72. The molecule has 0 aromatic rings. The molecular formula is C24H46O6. The van der Waals surface area contributed by atoms with Crippen LogP contribution in [0.3, 0.4) is 0 Å². The van der Waals surface area contributed by atoms with Crippen molar-refractivity contribution < 1.29 is 28.5 Å². The summed E-state index contributed by atoms with van der Waals surface area (Å²) in [5, 5.41) is 0. The Labute approximate surface area is 184 Å². The second kappa shape index (κ2) is 18.9. The summed E-state index contributed by atoms with van der Waals surface area (Å²) in [4.78, 5) is 24.4. The molecule has 0 fully saturated rings. The van der Waals surface area contributed by atoms with Crippen molar-refractivity contribution in [2.45, 2.75) is 79.6 Å². The lowest BCUT2D eigenvalue weighted by molar-refractivity contribution is -0.134. The lowest BCUT2D eigenvalue weighted by Crippen LogP contribution is -2.31. The molecule has 0 radical (unpaired) electrons. The predicted molar refractivity (Wildman–Crippen MR) is 120 cm³/mol. The summed E-state index contributed by atoms with van der Waals surface area (Å²) in [6.07, 6.45) is 6.65. The van der Waals surface area contributed by atoms with Crippen molar-refractivity contribution in [2.24, 2.45) is 11.3 Å². The van der Waals surface area contributed by atoms with E-state index in [1.165, 1.54) is 0 Å². The molecule has 30 heavy (non-hydrogen) atoms. The fraction of sp³-hybridized carbons (Fsp3) is 0.917. The molecule has 0 aromatic carbocycles. The number of ketones is 2.